The van der Waals surface area contributed by atoms with Crippen molar-refractivity contribution in [3.8, 4) is 0 Å². The number of nitrogens with zero attached hydrogens (tertiary/aromatic N) is 4. The third-order valence-electron chi connectivity index (χ3n) is 3.52. The Bertz CT molecular complexity index is 522. The van der Waals surface area contributed by atoms with Gasteiger partial charge in [-0.2, -0.15) is 0 Å². The lowest BCUT2D eigenvalue weighted by Crippen LogP contribution is -2.08. The zero-order chi connectivity index (χ0) is 12.9. The lowest BCUT2D eigenvalue weighted by Gasteiger charge is -2.21. The maximum atomic E-state index is 4.61. The van der Waals surface area contributed by atoms with E-state index in [4.69, 9.17) is 0 Å². The SMILES string of the molecule is c1ncc(Nc2nccc(C3CCCCC3)n2)cn1. The van der Waals surface area contributed by atoms with Crippen molar-refractivity contribution in [3.63, 3.8) is 0 Å². The molecule has 1 aliphatic rings. The first-order valence-corrected chi connectivity index (χ1v) is 6.77. The summed E-state index contributed by atoms with van der Waals surface area (Å²) in [5.41, 5.74) is 1.96. The molecule has 98 valence electrons. The van der Waals surface area contributed by atoms with Crippen molar-refractivity contribution in [2.24, 2.45) is 0 Å². The van der Waals surface area contributed by atoms with Crippen molar-refractivity contribution >= 4 is 11.6 Å². The Balaban J connectivity index is 1.76. The molecule has 0 atom stereocenters. The van der Waals surface area contributed by atoms with Crippen molar-refractivity contribution in [2.45, 2.75) is 38.0 Å². The Kier molecular flexibility index (Phi) is 3.63. The maximum absolute atomic E-state index is 4.61. The van der Waals surface area contributed by atoms with E-state index in [1.807, 2.05) is 12.3 Å². The average Bonchev–Trinajstić information content (AvgIpc) is 2.49. The van der Waals surface area contributed by atoms with Crippen LogP contribution in [0, 0.1) is 0 Å². The number of nitrogens with one attached hydrogen (secondary N) is 1. The van der Waals surface area contributed by atoms with Gasteiger partial charge in [0.05, 0.1) is 18.1 Å². The van der Waals surface area contributed by atoms with Gasteiger partial charge in [0.1, 0.15) is 6.33 Å². The molecule has 2 aromatic heterocycles. The van der Waals surface area contributed by atoms with Crippen LogP contribution in [0.25, 0.3) is 0 Å². The number of aromatic nitrogens is 4. The highest BCUT2D eigenvalue weighted by Crippen LogP contribution is 2.31. The molecule has 0 unspecified atom stereocenters. The summed E-state index contributed by atoms with van der Waals surface area (Å²) >= 11 is 0. The summed E-state index contributed by atoms with van der Waals surface area (Å²) in [6.45, 7) is 0. The van der Waals surface area contributed by atoms with Crippen molar-refractivity contribution in [1.82, 2.24) is 19.9 Å². The van der Waals surface area contributed by atoms with E-state index >= 15 is 0 Å². The number of hydrogen-bond donors (Lipinski definition) is 1. The third kappa shape index (κ3) is 3.05. The summed E-state index contributed by atoms with van der Waals surface area (Å²) in [5, 5.41) is 3.14. The first-order chi connectivity index (χ1) is 9.42. The molecule has 0 aliphatic heterocycles. The summed E-state index contributed by atoms with van der Waals surface area (Å²) in [6, 6.07) is 2.03. The molecule has 5 heteroatoms. The van der Waals surface area contributed by atoms with Crippen LogP contribution in [-0.2, 0) is 0 Å². The van der Waals surface area contributed by atoms with Crippen LogP contribution in [0.15, 0.2) is 31.0 Å². The number of rotatable bonds is 3. The summed E-state index contributed by atoms with van der Waals surface area (Å²) in [6.07, 6.45) is 13.2. The van der Waals surface area contributed by atoms with Gasteiger partial charge in [-0.25, -0.2) is 19.9 Å². The number of anilines is 2. The molecule has 0 saturated heterocycles. The maximum Gasteiger partial charge on any atom is 0.227 e. The van der Waals surface area contributed by atoms with Gasteiger partial charge in [0.2, 0.25) is 5.95 Å². The minimum atomic E-state index is 0.587. The molecule has 2 heterocycles. The van der Waals surface area contributed by atoms with Crippen LogP contribution >= 0.6 is 0 Å². The molecule has 19 heavy (non-hydrogen) atoms. The highest BCUT2D eigenvalue weighted by atomic mass is 15.1. The van der Waals surface area contributed by atoms with Crippen LogP contribution in [-0.4, -0.2) is 19.9 Å². The Morgan fingerprint density at radius 2 is 1.84 bits per heavy atom. The van der Waals surface area contributed by atoms with Crippen molar-refractivity contribution in [3.05, 3.63) is 36.7 Å². The van der Waals surface area contributed by atoms with Gasteiger partial charge in [-0.1, -0.05) is 19.3 Å². The highest BCUT2D eigenvalue weighted by Gasteiger charge is 2.17. The number of hydrogen-bond acceptors (Lipinski definition) is 5. The molecule has 3 rings (SSSR count). The first-order valence-electron chi connectivity index (χ1n) is 6.77. The smallest absolute Gasteiger partial charge is 0.227 e. The van der Waals surface area contributed by atoms with E-state index < -0.39 is 0 Å². The molecular weight excluding hydrogens is 238 g/mol. The second-order valence-corrected chi connectivity index (χ2v) is 4.89. The van der Waals surface area contributed by atoms with Gasteiger partial charge in [0.15, 0.2) is 0 Å². The zero-order valence-corrected chi connectivity index (χ0v) is 10.8. The second kappa shape index (κ2) is 5.73. The fourth-order valence-electron chi connectivity index (χ4n) is 2.55. The quantitative estimate of drug-likeness (QED) is 0.913. The van der Waals surface area contributed by atoms with E-state index in [1.54, 1.807) is 12.4 Å². The Morgan fingerprint density at radius 3 is 2.63 bits per heavy atom. The molecule has 5 nitrogen and oxygen atoms in total. The van der Waals surface area contributed by atoms with Crippen molar-refractivity contribution in [1.29, 1.82) is 0 Å². The molecule has 0 bridgehead atoms. The van der Waals surface area contributed by atoms with Gasteiger partial charge >= 0.3 is 0 Å². The minimum Gasteiger partial charge on any atom is -0.322 e. The van der Waals surface area contributed by atoms with E-state index in [2.05, 4.69) is 25.3 Å². The molecule has 1 aliphatic carbocycles. The van der Waals surface area contributed by atoms with Gasteiger partial charge in [-0.15, -0.1) is 0 Å². The van der Waals surface area contributed by atoms with Crippen LogP contribution in [0.1, 0.15) is 43.7 Å². The minimum absolute atomic E-state index is 0.587. The fourth-order valence-corrected chi connectivity index (χ4v) is 2.55. The predicted molar refractivity (Wildman–Crippen MR) is 73.2 cm³/mol. The van der Waals surface area contributed by atoms with E-state index in [1.165, 1.54) is 38.4 Å². The van der Waals surface area contributed by atoms with E-state index in [0.29, 0.717) is 11.9 Å². The van der Waals surface area contributed by atoms with E-state index in [-0.39, 0.29) is 0 Å². The Labute approximate surface area is 112 Å². The largest absolute Gasteiger partial charge is 0.322 e. The molecule has 0 radical (unpaired) electrons. The van der Waals surface area contributed by atoms with Crippen LogP contribution in [0.5, 0.6) is 0 Å². The summed E-state index contributed by atoms with van der Waals surface area (Å²) in [7, 11) is 0. The normalized spacial score (nSPS) is 16.2. The van der Waals surface area contributed by atoms with Gasteiger partial charge in [0, 0.05) is 17.8 Å². The molecule has 2 aromatic rings. The zero-order valence-electron chi connectivity index (χ0n) is 10.8. The second-order valence-electron chi connectivity index (χ2n) is 4.89. The standard InChI is InChI=1S/C14H17N5/c1-2-4-11(5-3-1)13-6-7-17-14(19-13)18-12-8-15-10-16-9-12/h6-11H,1-5H2,(H,17,18,19). The topological polar surface area (TPSA) is 63.6 Å². The van der Waals surface area contributed by atoms with Crippen LogP contribution in [0.4, 0.5) is 11.6 Å². The first kappa shape index (κ1) is 12.0. The van der Waals surface area contributed by atoms with E-state index in [9.17, 15) is 0 Å². The van der Waals surface area contributed by atoms with Crippen LogP contribution in [0.2, 0.25) is 0 Å². The van der Waals surface area contributed by atoms with E-state index in [0.717, 1.165) is 11.4 Å². The summed E-state index contributed by atoms with van der Waals surface area (Å²) < 4.78 is 0. The Morgan fingerprint density at radius 1 is 1.05 bits per heavy atom. The lowest BCUT2D eigenvalue weighted by molar-refractivity contribution is 0.436. The predicted octanol–water partition coefficient (Wildman–Crippen LogP) is 3.06. The van der Waals surface area contributed by atoms with Gasteiger partial charge in [0.25, 0.3) is 0 Å². The van der Waals surface area contributed by atoms with Gasteiger partial charge in [-0.05, 0) is 18.9 Å². The van der Waals surface area contributed by atoms with Crippen molar-refractivity contribution < 1.29 is 0 Å². The molecular formula is C14H17N5. The van der Waals surface area contributed by atoms with Gasteiger partial charge in [-0.3, -0.25) is 0 Å². The molecule has 0 amide bonds. The molecule has 1 fully saturated rings. The third-order valence-corrected chi connectivity index (χ3v) is 3.52. The molecule has 0 spiro atoms. The highest BCUT2D eigenvalue weighted by molar-refractivity contribution is 5.49. The summed E-state index contributed by atoms with van der Waals surface area (Å²) in [5.74, 6) is 1.21. The molecule has 1 saturated carbocycles. The lowest BCUT2D eigenvalue weighted by atomic mass is 9.87. The summed E-state index contributed by atoms with van der Waals surface area (Å²) in [4.78, 5) is 16.8. The molecule has 1 N–H and O–H groups in total. The monoisotopic (exact) mass is 255 g/mol. The fraction of sp³-hybridized carbons (Fsp3) is 0.429. The van der Waals surface area contributed by atoms with Gasteiger partial charge < -0.3 is 5.32 Å². The average molecular weight is 255 g/mol. The van der Waals surface area contributed by atoms with Crippen LogP contribution < -0.4 is 5.32 Å². The molecule has 0 aromatic carbocycles. The van der Waals surface area contributed by atoms with Crippen molar-refractivity contribution in [2.75, 3.05) is 5.32 Å². The van der Waals surface area contributed by atoms with Crippen LogP contribution in [0.3, 0.4) is 0 Å². The Hall–Kier alpha value is -2.04.